The molecule has 11 heteroatoms. The van der Waals surface area contributed by atoms with Crippen molar-refractivity contribution in [3.8, 4) is 46.0 Å². The van der Waals surface area contributed by atoms with Crippen molar-refractivity contribution in [1.82, 2.24) is 0 Å². The Morgan fingerprint density at radius 1 is 0.453 bits per heavy atom. The molecule has 0 aliphatic carbocycles. The zero-order valence-corrected chi connectivity index (χ0v) is 32.1. The van der Waals surface area contributed by atoms with E-state index in [1.54, 1.807) is 92.9 Å². The molecule has 0 spiro atoms. The molecule has 2 N–H and O–H groups in total. The monoisotopic (exact) mass is 732 g/mol. The molecule has 4 aromatic rings. The maximum atomic E-state index is 11.1. The second kappa shape index (κ2) is 17.3. The molecule has 5 rings (SSSR count). The molecule has 0 saturated carbocycles. The van der Waals surface area contributed by atoms with Crippen molar-refractivity contribution in [2.75, 3.05) is 42.7 Å². The topological polar surface area (TPSA) is 124 Å². The summed E-state index contributed by atoms with van der Waals surface area (Å²) in [7, 11) is 9.43. The summed E-state index contributed by atoms with van der Waals surface area (Å²) in [5, 5.41) is 22.2. The van der Waals surface area contributed by atoms with Gasteiger partial charge in [-0.15, -0.1) is 0 Å². The van der Waals surface area contributed by atoms with Gasteiger partial charge >= 0.3 is 0 Å². The smallest absolute Gasteiger partial charge is 0.161 e. The van der Waals surface area contributed by atoms with Crippen molar-refractivity contribution in [3.05, 3.63) is 95.1 Å². The predicted octanol–water partition coefficient (Wildman–Crippen LogP) is 7.82. The standard InChI is InChI=1S/C42H52O11/c1-23-24(2)42(30-14-18-34(38(22-30)50-10)52-26(4)40(44)28-12-16-32(46-6)36(20-28)48-8)53-41(23)29-13-17-33(37(21-29)49-9)51-25(3)39(43)27-11-15-31(45-5)35(19-27)47-7/h11-26,39-44H,1-10H3/t23-,24-,25-,26-,39-,40-,41+,42+/m1/s1. The normalized spacial score (nSPS) is 20.5. The van der Waals surface area contributed by atoms with E-state index in [9.17, 15) is 10.2 Å². The van der Waals surface area contributed by atoms with Crippen LogP contribution in [0.2, 0.25) is 0 Å². The number of hydrogen-bond donors (Lipinski definition) is 2. The SMILES string of the molecule is COc1ccc([C@H](O)[C@@H](C)Oc2ccc([C@H]3O[C@H](c4ccc(O[C@H](C)[C@@H](O)c5ccc(OC)c(OC)c5)c(OC)c4)[C@H](C)[C@H]3C)cc2OC)cc1OC. The second-order valence-corrected chi connectivity index (χ2v) is 13.3. The fourth-order valence-corrected chi connectivity index (χ4v) is 6.78. The van der Waals surface area contributed by atoms with E-state index in [0.29, 0.717) is 57.1 Å². The maximum Gasteiger partial charge on any atom is 0.161 e. The van der Waals surface area contributed by atoms with Crippen LogP contribution >= 0.6 is 0 Å². The number of rotatable bonds is 16. The van der Waals surface area contributed by atoms with Gasteiger partial charge < -0.3 is 52.8 Å². The lowest BCUT2D eigenvalue weighted by Crippen LogP contribution is -2.22. The Kier molecular flexibility index (Phi) is 12.9. The molecule has 0 amide bonds. The summed E-state index contributed by atoms with van der Waals surface area (Å²) in [6, 6.07) is 22.1. The van der Waals surface area contributed by atoms with Crippen LogP contribution < -0.4 is 37.9 Å². The third-order valence-electron chi connectivity index (χ3n) is 10.1. The van der Waals surface area contributed by atoms with E-state index < -0.39 is 24.4 Å². The van der Waals surface area contributed by atoms with Gasteiger partial charge in [-0.05, 0) is 96.5 Å². The molecule has 286 valence electrons. The van der Waals surface area contributed by atoms with Crippen LogP contribution in [0, 0.1) is 11.8 Å². The second-order valence-electron chi connectivity index (χ2n) is 13.3. The van der Waals surface area contributed by atoms with Crippen LogP contribution in [0.25, 0.3) is 0 Å². The zero-order valence-electron chi connectivity index (χ0n) is 32.1. The Morgan fingerprint density at radius 3 is 1.11 bits per heavy atom. The van der Waals surface area contributed by atoms with Crippen LogP contribution in [0.15, 0.2) is 72.8 Å². The van der Waals surface area contributed by atoms with Gasteiger partial charge in [-0.25, -0.2) is 0 Å². The number of ether oxygens (including phenoxy) is 9. The first-order valence-electron chi connectivity index (χ1n) is 17.6. The summed E-state index contributed by atoms with van der Waals surface area (Å²) in [6.07, 6.45) is -3.49. The number of aliphatic hydroxyl groups excluding tert-OH is 2. The molecule has 0 aromatic heterocycles. The molecule has 1 aliphatic rings. The molecule has 0 bridgehead atoms. The van der Waals surface area contributed by atoms with Crippen LogP contribution in [-0.2, 0) is 4.74 Å². The van der Waals surface area contributed by atoms with Crippen LogP contribution in [0.5, 0.6) is 46.0 Å². The van der Waals surface area contributed by atoms with Gasteiger partial charge in [-0.1, -0.05) is 38.1 Å². The van der Waals surface area contributed by atoms with E-state index in [1.807, 2.05) is 36.4 Å². The molecule has 0 unspecified atom stereocenters. The third-order valence-corrected chi connectivity index (χ3v) is 10.1. The Hall–Kier alpha value is -4.84. The maximum absolute atomic E-state index is 11.1. The fourth-order valence-electron chi connectivity index (χ4n) is 6.78. The van der Waals surface area contributed by atoms with Crippen LogP contribution in [-0.4, -0.2) is 65.1 Å². The van der Waals surface area contributed by atoms with Crippen molar-refractivity contribution in [1.29, 1.82) is 0 Å². The number of hydrogen-bond acceptors (Lipinski definition) is 11. The lowest BCUT2D eigenvalue weighted by molar-refractivity contribution is 0.0281. The van der Waals surface area contributed by atoms with Gasteiger partial charge in [0.05, 0.1) is 54.9 Å². The van der Waals surface area contributed by atoms with Crippen LogP contribution in [0.3, 0.4) is 0 Å². The average Bonchev–Trinajstić information content (AvgIpc) is 3.49. The van der Waals surface area contributed by atoms with Crippen LogP contribution in [0.4, 0.5) is 0 Å². The van der Waals surface area contributed by atoms with Crippen molar-refractivity contribution in [2.24, 2.45) is 11.8 Å². The van der Waals surface area contributed by atoms with Crippen molar-refractivity contribution < 1.29 is 52.8 Å². The van der Waals surface area contributed by atoms with E-state index in [2.05, 4.69) is 13.8 Å². The van der Waals surface area contributed by atoms with Gasteiger partial charge in [0.25, 0.3) is 0 Å². The first-order chi connectivity index (χ1) is 25.5. The van der Waals surface area contributed by atoms with Crippen molar-refractivity contribution in [3.63, 3.8) is 0 Å². The molecule has 1 aliphatic heterocycles. The van der Waals surface area contributed by atoms with Crippen molar-refractivity contribution in [2.45, 2.75) is 64.3 Å². The van der Waals surface area contributed by atoms with Gasteiger partial charge in [0.1, 0.15) is 24.4 Å². The first-order valence-corrected chi connectivity index (χ1v) is 17.6. The number of aliphatic hydroxyl groups is 2. The minimum atomic E-state index is -0.932. The minimum absolute atomic E-state index is 0.167. The minimum Gasteiger partial charge on any atom is -0.493 e. The summed E-state index contributed by atoms with van der Waals surface area (Å²) in [5.41, 5.74) is 3.18. The highest BCUT2D eigenvalue weighted by molar-refractivity contribution is 5.48. The largest absolute Gasteiger partial charge is 0.493 e. The predicted molar refractivity (Wildman–Crippen MR) is 200 cm³/mol. The number of benzene rings is 4. The van der Waals surface area contributed by atoms with E-state index in [-0.39, 0.29) is 24.0 Å². The van der Waals surface area contributed by atoms with E-state index >= 15 is 0 Å². The lowest BCUT2D eigenvalue weighted by Gasteiger charge is -2.24. The number of methoxy groups -OCH3 is 6. The molecular weight excluding hydrogens is 680 g/mol. The summed E-state index contributed by atoms with van der Waals surface area (Å²) in [6.45, 7) is 7.96. The molecule has 1 heterocycles. The summed E-state index contributed by atoms with van der Waals surface area (Å²) in [5.74, 6) is 4.62. The molecule has 1 fully saturated rings. The fraction of sp³-hybridized carbons (Fsp3) is 0.429. The van der Waals surface area contributed by atoms with Gasteiger partial charge in [-0.2, -0.15) is 0 Å². The van der Waals surface area contributed by atoms with Gasteiger partial charge in [0.2, 0.25) is 0 Å². The van der Waals surface area contributed by atoms with Crippen molar-refractivity contribution >= 4 is 0 Å². The highest BCUT2D eigenvalue weighted by Gasteiger charge is 2.41. The molecular formula is C42H52O11. The van der Waals surface area contributed by atoms with E-state index in [4.69, 9.17) is 42.6 Å². The van der Waals surface area contributed by atoms with E-state index in [1.165, 1.54) is 0 Å². The lowest BCUT2D eigenvalue weighted by atomic mass is 9.85. The Balaban J connectivity index is 1.29. The third kappa shape index (κ3) is 8.38. The summed E-state index contributed by atoms with van der Waals surface area (Å²) >= 11 is 0. The quantitative estimate of drug-likeness (QED) is 0.117. The molecule has 8 atom stereocenters. The van der Waals surface area contributed by atoms with Gasteiger partial charge in [-0.3, -0.25) is 0 Å². The molecule has 1 saturated heterocycles. The average molecular weight is 733 g/mol. The van der Waals surface area contributed by atoms with Gasteiger partial charge in [0, 0.05) is 0 Å². The molecule has 53 heavy (non-hydrogen) atoms. The van der Waals surface area contributed by atoms with Crippen LogP contribution in [0.1, 0.15) is 74.4 Å². The molecule has 11 nitrogen and oxygen atoms in total. The zero-order chi connectivity index (χ0) is 38.4. The highest BCUT2D eigenvalue weighted by Crippen LogP contribution is 2.51. The highest BCUT2D eigenvalue weighted by atomic mass is 16.5. The molecule has 0 radical (unpaired) electrons. The summed E-state index contributed by atoms with van der Waals surface area (Å²) < 4.78 is 52.2. The Labute approximate surface area is 312 Å². The first kappa shape index (κ1) is 39.4. The Morgan fingerprint density at radius 2 is 0.774 bits per heavy atom. The Bertz CT molecular complexity index is 1700. The summed E-state index contributed by atoms with van der Waals surface area (Å²) in [4.78, 5) is 0. The van der Waals surface area contributed by atoms with E-state index in [0.717, 1.165) is 11.1 Å². The van der Waals surface area contributed by atoms with Gasteiger partial charge in [0.15, 0.2) is 46.0 Å². The molecule has 4 aromatic carbocycles.